The smallest absolute Gasteiger partial charge is 0.227 e. The maximum Gasteiger partial charge on any atom is 0.227 e. The topological polar surface area (TPSA) is 65.1 Å². The number of carbonyl (C=O) groups is 2. The molecule has 1 aliphatic carbocycles. The monoisotopic (exact) mass is 409 g/mol. The van der Waals surface area contributed by atoms with Crippen molar-refractivity contribution in [2.45, 2.75) is 38.6 Å². The Bertz CT molecular complexity index is 920. The third-order valence-electron chi connectivity index (χ3n) is 5.76. The lowest BCUT2D eigenvalue weighted by molar-refractivity contribution is -0.119. The van der Waals surface area contributed by atoms with E-state index in [1.165, 1.54) is 0 Å². The molecule has 1 unspecified atom stereocenters. The highest BCUT2D eigenvalue weighted by Crippen LogP contribution is 2.38. The summed E-state index contributed by atoms with van der Waals surface area (Å²) in [6.45, 7) is 3.07. The largest absolute Gasteiger partial charge is 0.497 e. The van der Waals surface area contributed by atoms with Crippen molar-refractivity contribution in [3.8, 4) is 17.2 Å². The van der Waals surface area contributed by atoms with Gasteiger partial charge in [0.05, 0.1) is 7.11 Å². The van der Waals surface area contributed by atoms with E-state index in [2.05, 4.69) is 6.92 Å². The number of carbonyl (C=O) groups excluding carboxylic acids is 2. The van der Waals surface area contributed by atoms with E-state index in [9.17, 15) is 9.59 Å². The van der Waals surface area contributed by atoms with Gasteiger partial charge in [-0.25, -0.2) is 0 Å². The molecular weight excluding hydrogens is 382 g/mol. The number of hydrogen-bond acceptors (Lipinski definition) is 5. The van der Waals surface area contributed by atoms with Crippen LogP contribution in [-0.4, -0.2) is 38.1 Å². The van der Waals surface area contributed by atoms with E-state index in [1.54, 1.807) is 25.3 Å². The number of benzene rings is 2. The van der Waals surface area contributed by atoms with Crippen LogP contribution in [0.2, 0.25) is 0 Å². The van der Waals surface area contributed by atoms with E-state index in [0.29, 0.717) is 36.2 Å². The minimum absolute atomic E-state index is 0.0366. The van der Waals surface area contributed by atoms with Crippen LogP contribution in [0.1, 0.15) is 43.0 Å². The lowest BCUT2D eigenvalue weighted by Crippen LogP contribution is -2.40. The second-order valence-electron chi connectivity index (χ2n) is 7.82. The Morgan fingerprint density at radius 2 is 1.73 bits per heavy atom. The average molecular weight is 409 g/mol. The number of nitrogens with zero attached hydrogens (tertiary/aromatic N) is 1. The molecule has 2 aliphatic rings. The van der Waals surface area contributed by atoms with E-state index in [1.807, 2.05) is 29.2 Å². The van der Waals surface area contributed by atoms with Crippen LogP contribution in [-0.2, 0) is 4.79 Å². The molecule has 0 N–H and O–H groups in total. The molecule has 1 heterocycles. The SMILES string of the molecule is COc1ccc(N(C(=O)CCC(=O)c2ccc3c(c2)OCCO3)C(C)C2CC2)cc1. The minimum atomic E-state index is -0.0749. The van der Waals surface area contributed by atoms with E-state index in [0.717, 1.165) is 24.3 Å². The fraction of sp³-hybridized carbons (Fsp3) is 0.417. The summed E-state index contributed by atoms with van der Waals surface area (Å²) in [6.07, 6.45) is 2.59. The van der Waals surface area contributed by atoms with Crippen LogP contribution in [0.3, 0.4) is 0 Å². The van der Waals surface area contributed by atoms with Gasteiger partial charge in [-0.3, -0.25) is 9.59 Å². The molecule has 0 radical (unpaired) electrons. The van der Waals surface area contributed by atoms with Gasteiger partial charge >= 0.3 is 0 Å². The molecule has 158 valence electrons. The maximum atomic E-state index is 13.1. The summed E-state index contributed by atoms with van der Waals surface area (Å²) >= 11 is 0. The van der Waals surface area contributed by atoms with Crippen molar-refractivity contribution in [2.75, 3.05) is 25.2 Å². The zero-order chi connectivity index (χ0) is 21.1. The van der Waals surface area contributed by atoms with Gasteiger partial charge in [0, 0.05) is 30.1 Å². The van der Waals surface area contributed by atoms with Gasteiger partial charge in [0.1, 0.15) is 19.0 Å². The lowest BCUT2D eigenvalue weighted by atomic mass is 10.0. The number of rotatable bonds is 8. The first-order chi connectivity index (χ1) is 14.6. The van der Waals surface area contributed by atoms with Crippen LogP contribution < -0.4 is 19.1 Å². The van der Waals surface area contributed by atoms with Gasteiger partial charge in [0.2, 0.25) is 5.91 Å². The van der Waals surface area contributed by atoms with Gasteiger partial charge in [0.15, 0.2) is 17.3 Å². The van der Waals surface area contributed by atoms with Crippen molar-refractivity contribution in [1.82, 2.24) is 0 Å². The quantitative estimate of drug-likeness (QED) is 0.610. The fourth-order valence-electron chi connectivity index (χ4n) is 3.84. The molecule has 0 bridgehead atoms. The number of ether oxygens (including phenoxy) is 3. The molecule has 6 heteroatoms. The van der Waals surface area contributed by atoms with Crippen LogP contribution in [0.15, 0.2) is 42.5 Å². The Morgan fingerprint density at radius 3 is 2.40 bits per heavy atom. The standard InChI is InChI=1S/C24H27NO5/c1-16(17-3-4-17)25(19-6-8-20(28-2)9-7-19)24(27)12-10-21(26)18-5-11-22-23(15-18)30-14-13-29-22/h5-9,11,15-17H,3-4,10,12-14H2,1-2H3. The Kier molecular flexibility index (Phi) is 5.93. The summed E-state index contributed by atoms with van der Waals surface area (Å²) in [5.41, 5.74) is 1.38. The highest BCUT2D eigenvalue weighted by Gasteiger charge is 2.35. The molecule has 1 amide bonds. The molecule has 2 aromatic rings. The third-order valence-corrected chi connectivity index (χ3v) is 5.76. The molecule has 2 aromatic carbocycles. The first-order valence-corrected chi connectivity index (χ1v) is 10.5. The van der Waals surface area contributed by atoms with E-state index >= 15 is 0 Å². The van der Waals surface area contributed by atoms with Gasteiger partial charge in [-0.1, -0.05) is 0 Å². The van der Waals surface area contributed by atoms with E-state index < -0.39 is 0 Å². The van der Waals surface area contributed by atoms with Gasteiger partial charge < -0.3 is 19.1 Å². The molecule has 1 aliphatic heterocycles. The first kappa shape index (κ1) is 20.3. The normalized spacial score (nSPS) is 15.9. The number of fused-ring (bicyclic) bond motifs is 1. The predicted molar refractivity (Wildman–Crippen MR) is 114 cm³/mol. The van der Waals surface area contributed by atoms with Crippen LogP contribution >= 0.6 is 0 Å². The molecule has 1 saturated carbocycles. The van der Waals surface area contributed by atoms with Gasteiger partial charge in [0.25, 0.3) is 0 Å². The summed E-state index contributed by atoms with van der Waals surface area (Å²) < 4.78 is 16.3. The maximum absolute atomic E-state index is 13.1. The Balaban J connectivity index is 1.44. The van der Waals surface area contributed by atoms with Crippen molar-refractivity contribution < 1.29 is 23.8 Å². The molecule has 1 atom stereocenters. The van der Waals surface area contributed by atoms with Crippen molar-refractivity contribution in [3.05, 3.63) is 48.0 Å². The van der Waals surface area contributed by atoms with Crippen LogP contribution in [0.4, 0.5) is 5.69 Å². The van der Waals surface area contributed by atoms with Gasteiger partial charge in [-0.2, -0.15) is 0 Å². The van der Waals surface area contributed by atoms with Crippen molar-refractivity contribution in [3.63, 3.8) is 0 Å². The zero-order valence-corrected chi connectivity index (χ0v) is 17.4. The summed E-state index contributed by atoms with van der Waals surface area (Å²) in [4.78, 5) is 27.7. The molecule has 0 saturated heterocycles. The minimum Gasteiger partial charge on any atom is -0.497 e. The van der Waals surface area contributed by atoms with Crippen LogP contribution in [0.5, 0.6) is 17.2 Å². The number of methoxy groups -OCH3 is 1. The molecule has 30 heavy (non-hydrogen) atoms. The average Bonchev–Trinajstić information content (AvgIpc) is 3.63. The lowest BCUT2D eigenvalue weighted by Gasteiger charge is -2.30. The fourth-order valence-corrected chi connectivity index (χ4v) is 3.84. The molecule has 4 rings (SSSR count). The molecule has 1 fully saturated rings. The second kappa shape index (κ2) is 8.78. The summed E-state index contributed by atoms with van der Waals surface area (Å²) in [5, 5.41) is 0. The number of anilines is 1. The number of hydrogen-bond donors (Lipinski definition) is 0. The molecule has 0 aromatic heterocycles. The highest BCUT2D eigenvalue weighted by molar-refractivity contribution is 6.01. The molecule has 0 spiro atoms. The van der Waals surface area contributed by atoms with Crippen molar-refractivity contribution in [2.24, 2.45) is 5.92 Å². The Hall–Kier alpha value is -3.02. The van der Waals surface area contributed by atoms with Crippen LogP contribution in [0.25, 0.3) is 0 Å². The summed E-state index contributed by atoms with van der Waals surface area (Å²) in [7, 11) is 1.62. The first-order valence-electron chi connectivity index (χ1n) is 10.5. The van der Waals surface area contributed by atoms with E-state index in [-0.39, 0.29) is 30.6 Å². The van der Waals surface area contributed by atoms with E-state index in [4.69, 9.17) is 14.2 Å². The van der Waals surface area contributed by atoms with Crippen molar-refractivity contribution >= 4 is 17.4 Å². The van der Waals surface area contributed by atoms with Crippen molar-refractivity contribution in [1.29, 1.82) is 0 Å². The Morgan fingerprint density at radius 1 is 1.03 bits per heavy atom. The molecular formula is C24H27NO5. The van der Waals surface area contributed by atoms with Gasteiger partial charge in [-0.15, -0.1) is 0 Å². The predicted octanol–water partition coefficient (Wildman–Crippen LogP) is 4.26. The highest BCUT2D eigenvalue weighted by atomic mass is 16.6. The summed E-state index contributed by atoms with van der Waals surface area (Å²) in [6, 6.07) is 12.8. The van der Waals surface area contributed by atoms with Crippen LogP contribution in [0, 0.1) is 5.92 Å². The summed E-state index contributed by atoms with van der Waals surface area (Å²) in [5.74, 6) is 2.39. The molecule has 6 nitrogen and oxygen atoms in total. The Labute approximate surface area is 176 Å². The number of Topliss-reactive ketones (excluding diaryl/α,β-unsaturated/α-hetero) is 1. The number of ketones is 1. The second-order valence-corrected chi connectivity index (χ2v) is 7.82. The third kappa shape index (κ3) is 4.42. The number of amides is 1. The zero-order valence-electron chi connectivity index (χ0n) is 17.4. The van der Waals surface area contributed by atoms with Gasteiger partial charge in [-0.05, 0) is 68.1 Å².